The van der Waals surface area contributed by atoms with E-state index in [9.17, 15) is 14.4 Å². The molecule has 0 aromatic heterocycles. The van der Waals surface area contributed by atoms with E-state index in [1.807, 2.05) is 42.7 Å². The van der Waals surface area contributed by atoms with E-state index >= 15 is 0 Å². The summed E-state index contributed by atoms with van der Waals surface area (Å²) in [6, 6.07) is 13.2. The number of carbonyl (C=O) groups is 3. The molecule has 152 valence electrons. The Morgan fingerprint density at radius 2 is 1.76 bits per heavy atom. The zero-order chi connectivity index (χ0) is 20.6. The molecule has 0 atom stereocenters. The van der Waals surface area contributed by atoms with Crippen molar-refractivity contribution in [3.05, 3.63) is 59.2 Å². The number of benzene rings is 2. The number of fused-ring (bicyclic) bond motifs is 1. The standard InChI is InChI=1S/C23H25NO4S/c1-29-21-9-5-4-8-19(21)24-22(26)15-28-23(27)13-12-20(25)18-11-10-16-6-2-3-7-17(16)14-18/h4-5,8-11,14H,2-3,6-7,12-13,15H2,1H3,(H,24,26). The lowest BCUT2D eigenvalue weighted by molar-refractivity contribution is -0.147. The van der Waals surface area contributed by atoms with Crippen molar-refractivity contribution in [2.75, 3.05) is 18.2 Å². The predicted octanol–water partition coefficient (Wildman–Crippen LogP) is 4.43. The molecular formula is C23H25NO4S. The molecule has 0 aliphatic heterocycles. The molecule has 0 unspecified atom stereocenters. The summed E-state index contributed by atoms with van der Waals surface area (Å²) in [5, 5.41) is 2.73. The van der Waals surface area contributed by atoms with Gasteiger partial charge in [-0.2, -0.15) is 0 Å². The molecule has 2 aromatic carbocycles. The van der Waals surface area contributed by atoms with Gasteiger partial charge in [-0.25, -0.2) is 0 Å². The normalized spacial score (nSPS) is 12.7. The molecule has 3 rings (SSSR count). The smallest absolute Gasteiger partial charge is 0.306 e. The number of hydrogen-bond acceptors (Lipinski definition) is 5. The van der Waals surface area contributed by atoms with Gasteiger partial charge in [-0.15, -0.1) is 11.8 Å². The van der Waals surface area contributed by atoms with Gasteiger partial charge in [0.15, 0.2) is 12.4 Å². The Morgan fingerprint density at radius 1 is 1.00 bits per heavy atom. The Balaban J connectivity index is 1.43. The number of ketones is 1. The van der Waals surface area contributed by atoms with E-state index in [0.29, 0.717) is 11.3 Å². The highest BCUT2D eigenvalue weighted by molar-refractivity contribution is 7.98. The van der Waals surface area contributed by atoms with Crippen molar-refractivity contribution >= 4 is 35.1 Å². The minimum Gasteiger partial charge on any atom is -0.456 e. The van der Waals surface area contributed by atoms with Crippen molar-refractivity contribution < 1.29 is 19.1 Å². The molecule has 0 spiro atoms. The van der Waals surface area contributed by atoms with Crippen LogP contribution in [0.15, 0.2) is 47.4 Å². The Hall–Kier alpha value is -2.60. The summed E-state index contributed by atoms with van der Waals surface area (Å²) in [7, 11) is 0. The molecule has 1 amide bonds. The van der Waals surface area contributed by atoms with Gasteiger partial charge < -0.3 is 10.1 Å². The second kappa shape index (κ2) is 10.3. The lowest BCUT2D eigenvalue weighted by Crippen LogP contribution is -2.21. The predicted molar refractivity (Wildman–Crippen MR) is 114 cm³/mol. The third-order valence-electron chi connectivity index (χ3n) is 4.97. The van der Waals surface area contributed by atoms with Crippen molar-refractivity contribution in [2.45, 2.75) is 43.4 Å². The molecule has 0 saturated carbocycles. The topological polar surface area (TPSA) is 72.5 Å². The largest absolute Gasteiger partial charge is 0.456 e. The number of carbonyl (C=O) groups excluding carboxylic acids is 3. The Labute approximate surface area is 175 Å². The summed E-state index contributed by atoms with van der Waals surface area (Å²) in [6.45, 7) is -0.366. The Kier molecular flexibility index (Phi) is 7.47. The molecule has 1 N–H and O–H groups in total. The van der Waals surface area contributed by atoms with E-state index in [4.69, 9.17) is 4.74 Å². The summed E-state index contributed by atoms with van der Waals surface area (Å²) < 4.78 is 5.02. The van der Waals surface area contributed by atoms with Crippen LogP contribution in [0, 0.1) is 0 Å². The number of Topliss-reactive ketones (excluding diaryl/α,β-unsaturated/α-hetero) is 1. The van der Waals surface area contributed by atoms with Crippen LogP contribution < -0.4 is 5.32 Å². The van der Waals surface area contributed by atoms with Gasteiger partial charge >= 0.3 is 5.97 Å². The van der Waals surface area contributed by atoms with Crippen LogP contribution in [-0.4, -0.2) is 30.5 Å². The summed E-state index contributed by atoms with van der Waals surface area (Å²) in [5.74, 6) is -1.03. The van der Waals surface area contributed by atoms with Gasteiger partial charge in [0, 0.05) is 16.9 Å². The van der Waals surface area contributed by atoms with Crippen LogP contribution in [0.3, 0.4) is 0 Å². The van der Waals surface area contributed by atoms with Crippen LogP contribution in [0.1, 0.15) is 47.2 Å². The van der Waals surface area contributed by atoms with Gasteiger partial charge in [0.25, 0.3) is 5.91 Å². The SMILES string of the molecule is CSc1ccccc1NC(=O)COC(=O)CCC(=O)c1ccc2c(c1)CCCC2. The minimum absolute atomic E-state index is 0.0371. The maximum Gasteiger partial charge on any atom is 0.306 e. The fraction of sp³-hybridized carbons (Fsp3) is 0.348. The van der Waals surface area contributed by atoms with Crippen molar-refractivity contribution in [1.82, 2.24) is 0 Å². The lowest BCUT2D eigenvalue weighted by atomic mass is 9.89. The van der Waals surface area contributed by atoms with Crippen LogP contribution in [0.25, 0.3) is 0 Å². The highest BCUT2D eigenvalue weighted by Crippen LogP contribution is 2.25. The number of nitrogens with one attached hydrogen (secondary N) is 1. The molecule has 6 heteroatoms. The zero-order valence-electron chi connectivity index (χ0n) is 16.5. The van der Waals surface area contributed by atoms with E-state index in [0.717, 1.165) is 24.2 Å². The molecule has 2 aromatic rings. The van der Waals surface area contributed by atoms with E-state index < -0.39 is 11.9 Å². The quantitative estimate of drug-likeness (QED) is 0.395. The highest BCUT2D eigenvalue weighted by Gasteiger charge is 2.15. The molecule has 29 heavy (non-hydrogen) atoms. The van der Waals surface area contributed by atoms with E-state index in [-0.39, 0.29) is 25.2 Å². The molecule has 0 saturated heterocycles. The first-order chi connectivity index (χ1) is 14.1. The number of esters is 1. The summed E-state index contributed by atoms with van der Waals surface area (Å²) in [6.07, 6.45) is 6.39. The summed E-state index contributed by atoms with van der Waals surface area (Å²) in [4.78, 5) is 37.3. The summed E-state index contributed by atoms with van der Waals surface area (Å²) >= 11 is 1.52. The maximum absolute atomic E-state index is 12.4. The van der Waals surface area contributed by atoms with Crippen LogP contribution in [0.5, 0.6) is 0 Å². The van der Waals surface area contributed by atoms with Crippen LogP contribution >= 0.6 is 11.8 Å². The first-order valence-corrected chi connectivity index (χ1v) is 11.0. The van der Waals surface area contributed by atoms with Gasteiger partial charge in [0.05, 0.1) is 12.1 Å². The van der Waals surface area contributed by atoms with Crippen LogP contribution in [0.2, 0.25) is 0 Å². The molecule has 5 nitrogen and oxygen atoms in total. The molecule has 1 aliphatic rings. The number of para-hydroxylation sites is 1. The van der Waals surface area contributed by atoms with Crippen molar-refractivity contribution in [3.8, 4) is 0 Å². The number of rotatable bonds is 8. The highest BCUT2D eigenvalue weighted by atomic mass is 32.2. The second-order valence-corrected chi connectivity index (χ2v) is 7.87. The maximum atomic E-state index is 12.4. The van der Waals surface area contributed by atoms with Gasteiger partial charge in [0.1, 0.15) is 0 Å². The van der Waals surface area contributed by atoms with Crippen LogP contribution in [-0.2, 0) is 27.2 Å². The number of aryl methyl sites for hydroxylation is 2. The van der Waals surface area contributed by atoms with Gasteiger partial charge in [-0.1, -0.05) is 24.3 Å². The van der Waals surface area contributed by atoms with E-state index in [1.54, 1.807) is 6.07 Å². The first kappa shape index (κ1) is 21.1. The van der Waals surface area contributed by atoms with E-state index in [1.165, 1.54) is 29.3 Å². The van der Waals surface area contributed by atoms with E-state index in [2.05, 4.69) is 5.32 Å². The molecule has 0 bridgehead atoms. The molecule has 0 heterocycles. The Bertz CT molecular complexity index is 910. The third-order valence-corrected chi connectivity index (χ3v) is 5.77. The number of hydrogen-bond donors (Lipinski definition) is 1. The zero-order valence-corrected chi connectivity index (χ0v) is 17.3. The molecule has 0 radical (unpaired) electrons. The molecular weight excluding hydrogens is 386 g/mol. The number of ether oxygens (including phenoxy) is 1. The van der Waals surface area contributed by atoms with Gasteiger partial charge in [-0.3, -0.25) is 14.4 Å². The molecule has 1 aliphatic carbocycles. The average molecular weight is 412 g/mol. The second-order valence-electron chi connectivity index (χ2n) is 7.02. The van der Waals surface area contributed by atoms with Crippen LogP contribution in [0.4, 0.5) is 5.69 Å². The van der Waals surface area contributed by atoms with Gasteiger partial charge in [0.2, 0.25) is 0 Å². The fourth-order valence-electron chi connectivity index (χ4n) is 3.42. The monoisotopic (exact) mass is 411 g/mol. The summed E-state index contributed by atoms with van der Waals surface area (Å²) in [5.41, 5.74) is 3.89. The number of anilines is 1. The van der Waals surface area contributed by atoms with Crippen molar-refractivity contribution in [3.63, 3.8) is 0 Å². The molecule has 0 fully saturated rings. The van der Waals surface area contributed by atoms with Crippen molar-refractivity contribution in [1.29, 1.82) is 0 Å². The minimum atomic E-state index is -0.551. The first-order valence-electron chi connectivity index (χ1n) is 9.80. The van der Waals surface area contributed by atoms with Crippen molar-refractivity contribution in [2.24, 2.45) is 0 Å². The number of thioether (sulfide) groups is 1. The lowest BCUT2D eigenvalue weighted by Gasteiger charge is -2.16. The average Bonchev–Trinajstić information content (AvgIpc) is 2.76. The number of amides is 1. The third kappa shape index (κ3) is 5.94. The van der Waals surface area contributed by atoms with Gasteiger partial charge in [-0.05, 0) is 61.3 Å². The fourth-order valence-corrected chi connectivity index (χ4v) is 3.97. The Morgan fingerprint density at radius 3 is 2.55 bits per heavy atom.